The molecular formula is C18H17ClN2O6. The third kappa shape index (κ3) is 5.68. The molecule has 0 aromatic heterocycles. The van der Waals surface area contributed by atoms with E-state index in [2.05, 4.69) is 5.32 Å². The van der Waals surface area contributed by atoms with Crippen LogP contribution in [-0.2, 0) is 14.3 Å². The van der Waals surface area contributed by atoms with Crippen LogP contribution in [0.4, 0.5) is 11.4 Å². The molecule has 1 N–H and O–H groups in total. The maximum Gasteiger partial charge on any atom is 0.344 e. The third-order valence-electron chi connectivity index (χ3n) is 3.63. The fourth-order valence-electron chi connectivity index (χ4n) is 2.12. The number of nitrogens with zero attached hydrogens (tertiary/aromatic N) is 1. The van der Waals surface area contributed by atoms with Crippen molar-refractivity contribution in [2.45, 2.75) is 13.8 Å². The van der Waals surface area contributed by atoms with Crippen LogP contribution in [0.1, 0.15) is 11.1 Å². The lowest BCUT2D eigenvalue weighted by Gasteiger charge is -2.10. The number of esters is 1. The van der Waals surface area contributed by atoms with Crippen LogP contribution in [0.2, 0.25) is 5.02 Å². The monoisotopic (exact) mass is 392 g/mol. The summed E-state index contributed by atoms with van der Waals surface area (Å²) in [6.45, 7) is 2.46. The zero-order chi connectivity index (χ0) is 20.0. The van der Waals surface area contributed by atoms with Crippen molar-refractivity contribution in [1.82, 2.24) is 0 Å². The molecular weight excluding hydrogens is 376 g/mol. The van der Waals surface area contributed by atoms with Gasteiger partial charge < -0.3 is 14.8 Å². The van der Waals surface area contributed by atoms with Crippen molar-refractivity contribution in [3.05, 3.63) is 62.7 Å². The number of hydrogen-bond donors (Lipinski definition) is 1. The number of halogens is 1. The van der Waals surface area contributed by atoms with Crippen LogP contribution in [-0.4, -0.2) is 30.0 Å². The van der Waals surface area contributed by atoms with Crippen LogP contribution < -0.4 is 10.1 Å². The molecule has 0 saturated heterocycles. The summed E-state index contributed by atoms with van der Waals surface area (Å²) in [5.74, 6) is -1.17. The quantitative estimate of drug-likeness (QED) is 0.439. The van der Waals surface area contributed by atoms with Crippen LogP contribution in [0.25, 0.3) is 0 Å². The Morgan fingerprint density at radius 1 is 1.15 bits per heavy atom. The second-order valence-corrected chi connectivity index (χ2v) is 6.05. The molecule has 142 valence electrons. The van der Waals surface area contributed by atoms with Crippen LogP contribution in [0.5, 0.6) is 5.75 Å². The Balaban J connectivity index is 1.89. The molecule has 0 spiro atoms. The van der Waals surface area contributed by atoms with Crippen molar-refractivity contribution in [3.8, 4) is 5.75 Å². The molecule has 2 rings (SSSR count). The van der Waals surface area contributed by atoms with Gasteiger partial charge in [0, 0.05) is 6.07 Å². The highest BCUT2D eigenvalue weighted by atomic mass is 35.5. The summed E-state index contributed by atoms with van der Waals surface area (Å²) in [7, 11) is 0. The Kier molecular flexibility index (Phi) is 6.73. The summed E-state index contributed by atoms with van der Waals surface area (Å²) in [5, 5.41) is 13.8. The molecule has 27 heavy (non-hydrogen) atoms. The molecule has 0 bridgehead atoms. The maximum absolute atomic E-state index is 11.9. The van der Waals surface area contributed by atoms with E-state index in [-0.39, 0.29) is 11.4 Å². The minimum atomic E-state index is -0.778. The Morgan fingerprint density at radius 2 is 1.81 bits per heavy atom. The smallest absolute Gasteiger partial charge is 0.344 e. The molecule has 0 aliphatic heterocycles. The minimum absolute atomic E-state index is 0.0384. The Labute approximate surface area is 160 Å². The predicted octanol–water partition coefficient (Wildman–Crippen LogP) is 3.43. The van der Waals surface area contributed by atoms with E-state index >= 15 is 0 Å². The topological polar surface area (TPSA) is 108 Å². The molecule has 9 heteroatoms. The molecule has 2 aromatic carbocycles. The highest BCUT2D eigenvalue weighted by Gasteiger charge is 2.18. The molecule has 0 aliphatic rings. The highest BCUT2D eigenvalue weighted by molar-refractivity contribution is 6.32. The minimum Gasteiger partial charge on any atom is -0.480 e. The van der Waals surface area contributed by atoms with E-state index in [4.69, 9.17) is 21.1 Å². The first kappa shape index (κ1) is 20.2. The number of anilines is 1. The van der Waals surface area contributed by atoms with E-state index in [0.29, 0.717) is 10.8 Å². The molecule has 0 saturated carbocycles. The standard InChI is InChI=1S/C18H17ClN2O6/c1-11-7-14(15(21(24)25)8-12(11)2)20-17(22)9-27-18(23)10-26-16-6-4-3-5-13(16)19/h3-8H,9-10H2,1-2H3,(H,20,22). The summed E-state index contributed by atoms with van der Waals surface area (Å²) in [6.07, 6.45) is 0. The molecule has 0 radical (unpaired) electrons. The lowest BCUT2D eigenvalue weighted by atomic mass is 10.1. The lowest BCUT2D eigenvalue weighted by molar-refractivity contribution is -0.384. The number of amides is 1. The molecule has 8 nitrogen and oxygen atoms in total. The summed E-state index contributed by atoms with van der Waals surface area (Å²) in [4.78, 5) is 34.2. The fraction of sp³-hybridized carbons (Fsp3) is 0.222. The van der Waals surface area contributed by atoms with E-state index in [9.17, 15) is 19.7 Å². The van der Waals surface area contributed by atoms with Crippen LogP contribution in [0, 0.1) is 24.0 Å². The maximum atomic E-state index is 11.9. The van der Waals surface area contributed by atoms with Gasteiger partial charge in [-0.3, -0.25) is 14.9 Å². The van der Waals surface area contributed by atoms with E-state index in [1.54, 1.807) is 38.1 Å². The average molecular weight is 393 g/mol. The number of carbonyl (C=O) groups excluding carboxylic acids is 2. The molecule has 0 fully saturated rings. The van der Waals surface area contributed by atoms with Crippen molar-refractivity contribution in [1.29, 1.82) is 0 Å². The summed E-state index contributed by atoms with van der Waals surface area (Å²) in [5.41, 5.74) is 1.31. The van der Waals surface area contributed by atoms with Crippen LogP contribution in [0.15, 0.2) is 36.4 Å². The number of nitro benzene ring substituents is 1. The number of hydrogen-bond acceptors (Lipinski definition) is 6. The fourth-order valence-corrected chi connectivity index (χ4v) is 2.31. The first-order valence-corrected chi connectivity index (χ1v) is 8.24. The molecule has 0 atom stereocenters. The van der Waals surface area contributed by atoms with Gasteiger partial charge in [0.05, 0.1) is 9.95 Å². The van der Waals surface area contributed by atoms with Gasteiger partial charge in [-0.2, -0.15) is 0 Å². The van der Waals surface area contributed by atoms with Gasteiger partial charge >= 0.3 is 5.97 Å². The number of nitro groups is 1. The SMILES string of the molecule is Cc1cc(NC(=O)COC(=O)COc2ccccc2Cl)c([N+](=O)[O-])cc1C. The zero-order valence-corrected chi connectivity index (χ0v) is 15.4. The average Bonchev–Trinajstić information content (AvgIpc) is 2.62. The largest absolute Gasteiger partial charge is 0.480 e. The Bertz CT molecular complexity index is 884. The van der Waals surface area contributed by atoms with Crippen molar-refractivity contribution in [3.63, 3.8) is 0 Å². The number of para-hydroxylation sites is 1. The molecule has 2 aromatic rings. The molecule has 0 aliphatic carbocycles. The van der Waals surface area contributed by atoms with Gasteiger partial charge in [-0.1, -0.05) is 23.7 Å². The van der Waals surface area contributed by atoms with Gasteiger partial charge in [0.15, 0.2) is 13.2 Å². The lowest BCUT2D eigenvalue weighted by Crippen LogP contribution is -2.24. The van der Waals surface area contributed by atoms with E-state index < -0.39 is 30.0 Å². The normalized spacial score (nSPS) is 10.2. The van der Waals surface area contributed by atoms with E-state index in [1.165, 1.54) is 12.1 Å². The summed E-state index contributed by atoms with van der Waals surface area (Å²) >= 11 is 5.89. The summed E-state index contributed by atoms with van der Waals surface area (Å²) in [6, 6.07) is 9.45. The first-order valence-electron chi connectivity index (χ1n) is 7.86. The Morgan fingerprint density at radius 3 is 2.48 bits per heavy atom. The van der Waals surface area contributed by atoms with E-state index in [1.807, 2.05) is 0 Å². The second-order valence-electron chi connectivity index (χ2n) is 5.64. The van der Waals surface area contributed by atoms with Crippen molar-refractivity contribution >= 4 is 34.9 Å². The van der Waals surface area contributed by atoms with Crippen LogP contribution >= 0.6 is 11.6 Å². The number of nitrogens with one attached hydrogen (secondary N) is 1. The zero-order valence-electron chi connectivity index (χ0n) is 14.7. The van der Waals surface area contributed by atoms with Crippen molar-refractivity contribution in [2.75, 3.05) is 18.5 Å². The van der Waals surface area contributed by atoms with Gasteiger partial charge in [-0.25, -0.2) is 4.79 Å². The third-order valence-corrected chi connectivity index (χ3v) is 3.94. The van der Waals surface area contributed by atoms with Gasteiger partial charge in [-0.15, -0.1) is 0 Å². The Hall–Kier alpha value is -3.13. The molecule has 0 unspecified atom stereocenters. The number of benzene rings is 2. The number of aryl methyl sites for hydroxylation is 2. The van der Waals surface area contributed by atoms with Crippen LogP contribution in [0.3, 0.4) is 0 Å². The van der Waals surface area contributed by atoms with Gasteiger partial charge in [0.1, 0.15) is 11.4 Å². The summed E-state index contributed by atoms with van der Waals surface area (Å²) < 4.78 is 10.0. The van der Waals surface area contributed by atoms with Gasteiger partial charge in [0.2, 0.25) is 0 Å². The van der Waals surface area contributed by atoms with Gasteiger partial charge in [0.25, 0.3) is 11.6 Å². The van der Waals surface area contributed by atoms with E-state index in [0.717, 1.165) is 11.1 Å². The van der Waals surface area contributed by atoms with Crippen molar-refractivity contribution < 1.29 is 24.0 Å². The molecule has 1 amide bonds. The number of rotatable bonds is 7. The highest BCUT2D eigenvalue weighted by Crippen LogP contribution is 2.28. The van der Waals surface area contributed by atoms with Gasteiger partial charge in [-0.05, 0) is 43.2 Å². The predicted molar refractivity (Wildman–Crippen MR) is 99.1 cm³/mol. The first-order chi connectivity index (χ1) is 12.8. The number of carbonyl (C=O) groups is 2. The van der Waals surface area contributed by atoms with Crippen molar-refractivity contribution in [2.24, 2.45) is 0 Å². The molecule has 0 heterocycles. The number of ether oxygens (including phenoxy) is 2. The second kappa shape index (κ2) is 9.00.